The Hall–Kier alpha value is -3.62. The smallest absolute Gasteiger partial charge is 0.299 e. The first-order chi connectivity index (χ1) is 19.7. The van der Waals surface area contributed by atoms with E-state index in [0.29, 0.717) is 66.4 Å². The predicted octanol–water partition coefficient (Wildman–Crippen LogP) is 7.03. The minimum atomic E-state index is -4.54. The molecule has 2 aromatic heterocycles. The summed E-state index contributed by atoms with van der Waals surface area (Å²) in [5.41, 5.74) is 3.16. The summed E-state index contributed by atoms with van der Waals surface area (Å²) < 4.78 is 42.0. The van der Waals surface area contributed by atoms with Gasteiger partial charge in [0.1, 0.15) is 11.5 Å². The zero-order valence-corrected chi connectivity index (χ0v) is 23.5. The lowest BCUT2D eigenvalue weighted by Gasteiger charge is -2.12. The zero-order valence-electron chi connectivity index (χ0n) is 23.5. The molecule has 0 amide bonds. The van der Waals surface area contributed by atoms with Crippen molar-refractivity contribution in [2.75, 3.05) is 6.54 Å². The van der Waals surface area contributed by atoms with Gasteiger partial charge in [-0.15, -0.1) is 0 Å². The number of hydrogen-bond donors (Lipinski definition) is 0. The highest BCUT2D eigenvalue weighted by Gasteiger charge is 2.40. The van der Waals surface area contributed by atoms with E-state index in [-0.39, 0.29) is 23.8 Å². The predicted molar refractivity (Wildman–Crippen MR) is 152 cm³/mol. The Morgan fingerprint density at radius 3 is 2.63 bits per heavy atom. The van der Waals surface area contributed by atoms with E-state index in [1.54, 1.807) is 16.8 Å². The number of allylic oxidation sites excluding steroid dienone is 1. The average Bonchev–Trinajstić information content (AvgIpc) is 3.70. The summed E-state index contributed by atoms with van der Waals surface area (Å²) in [6.07, 6.45) is 8.17. The van der Waals surface area contributed by atoms with Crippen LogP contribution in [0.15, 0.2) is 47.9 Å². The Morgan fingerprint density at radius 2 is 1.90 bits per heavy atom. The summed E-state index contributed by atoms with van der Waals surface area (Å²) >= 11 is 0. The summed E-state index contributed by atoms with van der Waals surface area (Å²) in [6.45, 7) is 4.19. The third-order valence-electron chi connectivity index (χ3n) is 8.30. The summed E-state index contributed by atoms with van der Waals surface area (Å²) in [4.78, 5) is 38.0. The number of aliphatic imine (C=N–C) groups is 1. The Kier molecular flexibility index (Phi) is 8.52. The number of imidazole rings is 1. The van der Waals surface area contributed by atoms with E-state index in [4.69, 9.17) is 0 Å². The third kappa shape index (κ3) is 6.34. The highest BCUT2D eigenvalue weighted by molar-refractivity contribution is 6.27. The molecule has 5 rings (SSSR count). The van der Waals surface area contributed by atoms with E-state index in [1.807, 2.05) is 25.1 Å². The molecule has 2 atom stereocenters. The van der Waals surface area contributed by atoms with Crippen LogP contribution in [0.1, 0.15) is 91.7 Å². The largest absolute Gasteiger partial charge is 0.433 e. The maximum atomic E-state index is 13.5. The van der Waals surface area contributed by atoms with Crippen molar-refractivity contribution in [2.45, 2.75) is 77.8 Å². The van der Waals surface area contributed by atoms with Crippen LogP contribution in [-0.4, -0.2) is 44.4 Å². The number of unbranched alkanes of at least 4 members (excludes halogenated alkanes) is 1. The molecular formula is C32H35F3N4O2. The van der Waals surface area contributed by atoms with Gasteiger partial charge in [-0.05, 0) is 55.6 Å². The molecule has 1 aromatic carbocycles. The summed E-state index contributed by atoms with van der Waals surface area (Å²) in [5.74, 6) is 1.28. The van der Waals surface area contributed by atoms with E-state index in [2.05, 4.69) is 21.9 Å². The number of aryl methyl sites for hydroxylation is 1. The van der Waals surface area contributed by atoms with Crippen LogP contribution in [0.2, 0.25) is 0 Å². The van der Waals surface area contributed by atoms with E-state index < -0.39 is 11.9 Å². The average molecular weight is 565 g/mol. The fourth-order valence-electron chi connectivity index (χ4n) is 6.11. The monoisotopic (exact) mass is 564 g/mol. The van der Waals surface area contributed by atoms with E-state index in [0.717, 1.165) is 36.8 Å². The van der Waals surface area contributed by atoms with Gasteiger partial charge in [0.05, 0.1) is 24.1 Å². The summed E-state index contributed by atoms with van der Waals surface area (Å²) in [5, 5.41) is 0. The molecule has 3 heterocycles. The van der Waals surface area contributed by atoms with E-state index >= 15 is 0 Å². The van der Waals surface area contributed by atoms with Gasteiger partial charge in [-0.1, -0.05) is 38.1 Å². The fraction of sp³-hybridized carbons (Fsp3) is 0.469. The second-order valence-electron chi connectivity index (χ2n) is 11.2. The molecule has 1 aliphatic carbocycles. The lowest BCUT2D eigenvalue weighted by atomic mass is 9.93. The zero-order chi connectivity index (χ0) is 29.1. The number of nitrogens with zero attached hydrogens (tertiary/aromatic N) is 4. The van der Waals surface area contributed by atoms with Gasteiger partial charge in [-0.25, -0.2) is 4.98 Å². The lowest BCUT2D eigenvalue weighted by molar-refractivity contribution is -0.122. The van der Waals surface area contributed by atoms with Crippen LogP contribution in [0.3, 0.4) is 0 Å². The second kappa shape index (κ2) is 12.1. The number of benzene rings is 1. The molecule has 2 aliphatic rings. The van der Waals surface area contributed by atoms with Crippen LogP contribution in [-0.2, 0) is 17.6 Å². The van der Waals surface area contributed by atoms with Crippen LogP contribution in [0.25, 0.3) is 11.2 Å². The first-order valence-electron chi connectivity index (χ1n) is 14.5. The molecule has 1 aliphatic heterocycles. The molecule has 0 bridgehead atoms. The Balaban J connectivity index is 1.25. The summed E-state index contributed by atoms with van der Waals surface area (Å²) in [6, 6.07) is 5.76. The van der Waals surface area contributed by atoms with Crippen molar-refractivity contribution in [2.24, 2.45) is 16.8 Å². The molecule has 0 saturated heterocycles. The maximum Gasteiger partial charge on any atom is 0.433 e. The SMILES string of the molecule is CCc1cc(Cc2nccn3c(C4=CCN=C4C(F)(F)F)cnc23)ccc1C(=O)CCCCC(=O)[C@H]1CC[C@H](C)C1. The van der Waals surface area contributed by atoms with Gasteiger partial charge in [-0.3, -0.25) is 24.0 Å². The van der Waals surface area contributed by atoms with Crippen molar-refractivity contribution in [3.05, 3.63) is 70.9 Å². The normalized spacial score (nSPS) is 19.0. The van der Waals surface area contributed by atoms with Gasteiger partial charge in [0.2, 0.25) is 0 Å². The van der Waals surface area contributed by atoms with Crippen molar-refractivity contribution in [1.82, 2.24) is 14.4 Å². The summed E-state index contributed by atoms with van der Waals surface area (Å²) in [7, 11) is 0. The van der Waals surface area contributed by atoms with Gasteiger partial charge >= 0.3 is 6.18 Å². The molecule has 9 heteroatoms. The Labute approximate surface area is 237 Å². The van der Waals surface area contributed by atoms with Gasteiger partial charge in [0, 0.05) is 48.7 Å². The molecule has 0 N–H and O–H groups in total. The highest BCUT2D eigenvalue weighted by atomic mass is 19.4. The second-order valence-corrected chi connectivity index (χ2v) is 11.2. The Morgan fingerprint density at radius 1 is 1.10 bits per heavy atom. The lowest BCUT2D eigenvalue weighted by Crippen LogP contribution is -2.23. The van der Waals surface area contributed by atoms with Crippen molar-refractivity contribution >= 4 is 28.5 Å². The van der Waals surface area contributed by atoms with Gasteiger partial charge in [0.25, 0.3) is 0 Å². The van der Waals surface area contributed by atoms with E-state index in [9.17, 15) is 22.8 Å². The number of carbonyl (C=O) groups is 2. The first-order valence-corrected chi connectivity index (χ1v) is 14.5. The maximum absolute atomic E-state index is 13.5. The molecule has 0 radical (unpaired) electrons. The van der Waals surface area contributed by atoms with Crippen molar-refractivity contribution in [1.29, 1.82) is 0 Å². The molecular weight excluding hydrogens is 529 g/mol. The van der Waals surface area contributed by atoms with Crippen molar-refractivity contribution in [3.8, 4) is 0 Å². The molecule has 216 valence electrons. The standard InChI is InChI=1S/C32H35F3N4O2/c1-3-22-17-21(9-11-24(22)29(41)7-5-4-6-28(40)23-10-8-20(2)16-23)18-26-31-38-19-27(39(31)15-14-36-26)25-12-13-37-30(25)32(33,34)35/h9,11-12,14-15,17,19-20,23H,3-8,10,13,16,18H2,1-2H3/t20-,23-/m0/s1. The molecule has 6 nitrogen and oxygen atoms in total. The number of halogens is 3. The number of rotatable bonds is 11. The van der Waals surface area contributed by atoms with Crippen LogP contribution in [0.4, 0.5) is 13.2 Å². The number of hydrogen-bond acceptors (Lipinski definition) is 5. The van der Waals surface area contributed by atoms with Gasteiger partial charge in [-0.2, -0.15) is 13.2 Å². The number of fused-ring (bicyclic) bond motifs is 1. The minimum Gasteiger partial charge on any atom is -0.299 e. The first kappa shape index (κ1) is 28.9. The number of carbonyl (C=O) groups excluding carboxylic acids is 2. The number of alkyl halides is 3. The van der Waals surface area contributed by atoms with Crippen LogP contribution in [0.5, 0.6) is 0 Å². The molecule has 41 heavy (non-hydrogen) atoms. The topological polar surface area (TPSA) is 76.7 Å². The third-order valence-corrected chi connectivity index (χ3v) is 8.30. The molecule has 3 aromatic rings. The van der Waals surface area contributed by atoms with Crippen molar-refractivity contribution < 1.29 is 22.8 Å². The molecule has 0 spiro atoms. The van der Waals surface area contributed by atoms with Crippen LogP contribution >= 0.6 is 0 Å². The van der Waals surface area contributed by atoms with Gasteiger partial charge < -0.3 is 0 Å². The van der Waals surface area contributed by atoms with Crippen molar-refractivity contribution in [3.63, 3.8) is 0 Å². The quantitative estimate of drug-likeness (QED) is 0.185. The van der Waals surface area contributed by atoms with Gasteiger partial charge in [0.15, 0.2) is 11.4 Å². The Bertz CT molecular complexity index is 1520. The molecule has 0 unspecified atom stereocenters. The number of ketones is 2. The number of Topliss-reactive ketones (excluding diaryl/α,β-unsaturated/α-hetero) is 2. The molecule has 1 saturated carbocycles. The fourth-order valence-corrected chi connectivity index (χ4v) is 6.11. The minimum absolute atomic E-state index is 0.0157. The van der Waals surface area contributed by atoms with Crippen LogP contribution < -0.4 is 0 Å². The molecule has 1 fully saturated rings. The van der Waals surface area contributed by atoms with E-state index in [1.165, 1.54) is 12.3 Å². The number of aromatic nitrogens is 3. The van der Waals surface area contributed by atoms with Crippen LogP contribution in [0, 0.1) is 11.8 Å². The highest BCUT2D eigenvalue weighted by Crippen LogP contribution is 2.33.